The van der Waals surface area contributed by atoms with Crippen LogP contribution in [-0.2, 0) is 16.8 Å². The van der Waals surface area contributed by atoms with Gasteiger partial charge in [-0.15, -0.1) is 0 Å². The fourth-order valence-electron chi connectivity index (χ4n) is 3.89. The van der Waals surface area contributed by atoms with Crippen LogP contribution < -0.4 is 0 Å². The van der Waals surface area contributed by atoms with Gasteiger partial charge in [-0.2, -0.15) is 0 Å². The molecule has 0 saturated carbocycles. The van der Waals surface area contributed by atoms with Crippen LogP contribution in [0.4, 0.5) is 4.79 Å². The molecule has 1 aromatic carbocycles. The summed E-state index contributed by atoms with van der Waals surface area (Å²) in [6.07, 6.45) is 1.30. The largest absolute Gasteiger partial charge is 0.383 e. The lowest BCUT2D eigenvalue weighted by Crippen LogP contribution is -2.64. The second kappa shape index (κ2) is 4.56. The predicted molar refractivity (Wildman–Crippen MR) is 77.5 cm³/mol. The number of imide groups is 1. The van der Waals surface area contributed by atoms with Crippen LogP contribution in [0.3, 0.4) is 0 Å². The van der Waals surface area contributed by atoms with Gasteiger partial charge in [0.2, 0.25) is 5.91 Å². The SMILES string of the molecule is C[C@@H]1C(=O)N(C)C(=O)N(C)[C@H]1[C@@]1(O)CCc2ccccc21. The second-order valence-corrected chi connectivity index (χ2v) is 6.11. The summed E-state index contributed by atoms with van der Waals surface area (Å²) in [6, 6.07) is 6.84. The number of aryl methyl sites for hydroxylation is 1. The Bertz CT molecular complexity index is 593. The number of urea groups is 1. The highest BCUT2D eigenvalue weighted by molar-refractivity contribution is 5.98. The molecule has 0 bridgehead atoms. The summed E-state index contributed by atoms with van der Waals surface area (Å²) in [7, 11) is 3.14. The Morgan fingerprint density at radius 3 is 2.62 bits per heavy atom. The monoisotopic (exact) mass is 288 g/mol. The van der Waals surface area contributed by atoms with Gasteiger partial charge >= 0.3 is 6.03 Å². The molecule has 0 unspecified atom stereocenters. The Morgan fingerprint density at radius 1 is 1.24 bits per heavy atom. The highest BCUT2D eigenvalue weighted by Gasteiger charge is 2.54. The zero-order valence-corrected chi connectivity index (χ0v) is 12.5. The van der Waals surface area contributed by atoms with Crippen molar-refractivity contribution >= 4 is 11.9 Å². The molecule has 0 aromatic heterocycles. The molecule has 1 fully saturated rings. The summed E-state index contributed by atoms with van der Waals surface area (Å²) in [6.45, 7) is 1.78. The summed E-state index contributed by atoms with van der Waals surface area (Å²) >= 11 is 0. The number of rotatable bonds is 1. The normalized spacial score (nSPS) is 32.6. The number of benzene rings is 1. The third-order valence-electron chi connectivity index (χ3n) is 4.95. The minimum absolute atomic E-state index is 0.235. The van der Waals surface area contributed by atoms with E-state index in [0.717, 1.165) is 22.4 Å². The standard InChI is InChI=1S/C16H20N2O3/c1-10-13(17(2)15(20)18(3)14(10)19)16(21)9-8-11-6-4-5-7-12(11)16/h4-7,10,13,21H,8-9H2,1-3H3/t10-,13+,16+/m0/s1. The average molecular weight is 288 g/mol. The molecule has 0 radical (unpaired) electrons. The first kappa shape index (κ1) is 14.1. The molecule has 3 rings (SSSR count). The molecular weight excluding hydrogens is 268 g/mol. The molecule has 0 spiro atoms. The molecule has 1 aromatic rings. The van der Waals surface area contributed by atoms with Gasteiger partial charge in [0.15, 0.2) is 0 Å². The molecule has 5 heteroatoms. The molecule has 3 atom stereocenters. The van der Waals surface area contributed by atoms with Gasteiger partial charge in [-0.1, -0.05) is 31.2 Å². The quantitative estimate of drug-likeness (QED) is 0.848. The van der Waals surface area contributed by atoms with Gasteiger partial charge in [-0.3, -0.25) is 9.69 Å². The Balaban J connectivity index is 2.07. The predicted octanol–water partition coefficient (Wildman–Crippen LogP) is 1.35. The minimum atomic E-state index is -1.16. The lowest BCUT2D eigenvalue weighted by molar-refractivity contribution is -0.145. The van der Waals surface area contributed by atoms with Crippen molar-refractivity contribution in [2.24, 2.45) is 5.92 Å². The zero-order chi connectivity index (χ0) is 15.4. The second-order valence-electron chi connectivity index (χ2n) is 6.11. The first-order valence-electron chi connectivity index (χ1n) is 7.23. The fourth-order valence-corrected chi connectivity index (χ4v) is 3.89. The van der Waals surface area contributed by atoms with E-state index >= 15 is 0 Å². The van der Waals surface area contributed by atoms with Crippen LogP contribution in [-0.4, -0.2) is 47.0 Å². The fraction of sp³-hybridized carbons (Fsp3) is 0.500. The molecule has 1 saturated heterocycles. The summed E-state index contributed by atoms with van der Waals surface area (Å²) in [5, 5.41) is 11.3. The van der Waals surface area contributed by atoms with Crippen molar-refractivity contribution in [2.45, 2.75) is 31.4 Å². The van der Waals surface area contributed by atoms with E-state index in [1.807, 2.05) is 24.3 Å². The average Bonchev–Trinajstić information content (AvgIpc) is 2.82. The van der Waals surface area contributed by atoms with Gasteiger partial charge in [-0.05, 0) is 24.0 Å². The summed E-state index contributed by atoms with van der Waals surface area (Å²) in [4.78, 5) is 27.1. The number of carbonyl (C=O) groups excluding carboxylic acids is 2. The van der Waals surface area contributed by atoms with Crippen LogP contribution in [0, 0.1) is 5.92 Å². The van der Waals surface area contributed by atoms with E-state index in [1.54, 1.807) is 14.0 Å². The number of amides is 3. The topological polar surface area (TPSA) is 60.9 Å². The van der Waals surface area contributed by atoms with Crippen LogP contribution in [0.1, 0.15) is 24.5 Å². The number of aliphatic hydroxyl groups is 1. The number of likely N-dealkylation sites (N-methyl/N-ethyl adjacent to an activating group) is 1. The molecule has 2 aliphatic rings. The molecule has 21 heavy (non-hydrogen) atoms. The van der Waals surface area contributed by atoms with E-state index in [-0.39, 0.29) is 11.9 Å². The summed E-state index contributed by atoms with van der Waals surface area (Å²) in [5.41, 5.74) is 0.787. The van der Waals surface area contributed by atoms with Gasteiger partial charge in [0.1, 0.15) is 5.60 Å². The van der Waals surface area contributed by atoms with Crippen molar-refractivity contribution in [3.8, 4) is 0 Å². The Morgan fingerprint density at radius 2 is 1.90 bits per heavy atom. The summed E-state index contributed by atoms with van der Waals surface area (Å²) < 4.78 is 0. The van der Waals surface area contributed by atoms with Crippen molar-refractivity contribution < 1.29 is 14.7 Å². The molecule has 3 amide bonds. The van der Waals surface area contributed by atoms with Crippen molar-refractivity contribution in [1.82, 2.24) is 9.80 Å². The van der Waals surface area contributed by atoms with Crippen LogP contribution in [0.15, 0.2) is 24.3 Å². The van der Waals surface area contributed by atoms with Gasteiger partial charge in [-0.25, -0.2) is 4.79 Å². The van der Waals surface area contributed by atoms with Gasteiger partial charge < -0.3 is 10.0 Å². The van der Waals surface area contributed by atoms with E-state index in [4.69, 9.17) is 0 Å². The lowest BCUT2D eigenvalue weighted by Gasteiger charge is -2.47. The van der Waals surface area contributed by atoms with E-state index in [2.05, 4.69) is 0 Å². The summed E-state index contributed by atoms with van der Waals surface area (Å²) in [5.74, 6) is -0.672. The Kier molecular flexibility index (Phi) is 3.06. The number of nitrogens with zero attached hydrogens (tertiary/aromatic N) is 2. The maximum Gasteiger partial charge on any atom is 0.326 e. The van der Waals surface area contributed by atoms with Crippen molar-refractivity contribution in [1.29, 1.82) is 0 Å². The highest BCUT2D eigenvalue weighted by atomic mass is 16.3. The van der Waals surface area contributed by atoms with Crippen LogP contribution >= 0.6 is 0 Å². The first-order valence-corrected chi connectivity index (χ1v) is 7.23. The number of carbonyl (C=O) groups is 2. The van der Waals surface area contributed by atoms with Crippen LogP contribution in [0.25, 0.3) is 0 Å². The number of hydrogen-bond donors (Lipinski definition) is 1. The molecule has 112 valence electrons. The molecule has 1 aliphatic carbocycles. The molecular formula is C16H20N2O3. The smallest absolute Gasteiger partial charge is 0.326 e. The Labute approximate surface area is 124 Å². The van der Waals surface area contributed by atoms with Gasteiger partial charge in [0, 0.05) is 14.1 Å². The van der Waals surface area contributed by atoms with E-state index in [0.29, 0.717) is 6.42 Å². The van der Waals surface area contributed by atoms with Crippen molar-refractivity contribution in [2.75, 3.05) is 14.1 Å². The minimum Gasteiger partial charge on any atom is -0.383 e. The van der Waals surface area contributed by atoms with E-state index < -0.39 is 17.6 Å². The van der Waals surface area contributed by atoms with Crippen molar-refractivity contribution in [3.63, 3.8) is 0 Å². The van der Waals surface area contributed by atoms with Gasteiger partial charge in [0.25, 0.3) is 0 Å². The lowest BCUT2D eigenvalue weighted by atomic mass is 9.78. The van der Waals surface area contributed by atoms with E-state index in [1.165, 1.54) is 11.9 Å². The first-order chi connectivity index (χ1) is 9.88. The number of hydrogen-bond acceptors (Lipinski definition) is 3. The zero-order valence-electron chi connectivity index (χ0n) is 12.5. The third-order valence-corrected chi connectivity index (χ3v) is 4.95. The maximum absolute atomic E-state index is 12.3. The van der Waals surface area contributed by atoms with Gasteiger partial charge in [0.05, 0.1) is 12.0 Å². The molecule has 5 nitrogen and oxygen atoms in total. The molecule has 1 N–H and O–H groups in total. The third kappa shape index (κ3) is 1.80. The molecule has 1 heterocycles. The molecule has 1 aliphatic heterocycles. The maximum atomic E-state index is 12.3. The van der Waals surface area contributed by atoms with Crippen molar-refractivity contribution in [3.05, 3.63) is 35.4 Å². The van der Waals surface area contributed by atoms with Crippen LogP contribution in [0.2, 0.25) is 0 Å². The Hall–Kier alpha value is -1.88. The number of fused-ring (bicyclic) bond motifs is 1. The van der Waals surface area contributed by atoms with Crippen LogP contribution in [0.5, 0.6) is 0 Å². The highest BCUT2D eigenvalue weighted by Crippen LogP contribution is 2.44. The van der Waals surface area contributed by atoms with E-state index in [9.17, 15) is 14.7 Å².